The van der Waals surface area contributed by atoms with E-state index in [0.29, 0.717) is 0 Å². The largest absolute Gasteiger partial charge is 0.289 e. The lowest BCUT2D eigenvalue weighted by atomic mass is 10.0. The van der Waals surface area contributed by atoms with Gasteiger partial charge in [0.25, 0.3) is 0 Å². The first kappa shape index (κ1) is 12.1. The van der Waals surface area contributed by atoms with Crippen molar-refractivity contribution in [3.8, 4) is 11.1 Å². The number of halogens is 2. The van der Waals surface area contributed by atoms with E-state index in [2.05, 4.69) is 44.0 Å². The van der Waals surface area contributed by atoms with E-state index in [1.54, 1.807) is 0 Å². The highest BCUT2D eigenvalue weighted by molar-refractivity contribution is 9.10. The van der Waals surface area contributed by atoms with Crippen molar-refractivity contribution in [3.63, 3.8) is 0 Å². The van der Waals surface area contributed by atoms with Crippen molar-refractivity contribution in [2.24, 2.45) is 0 Å². The Bertz CT molecular complexity index is 643. The second-order valence-electron chi connectivity index (χ2n) is 4.62. The second kappa shape index (κ2) is 4.04. The van der Waals surface area contributed by atoms with E-state index >= 15 is 0 Å². The van der Waals surface area contributed by atoms with Crippen molar-refractivity contribution in [1.29, 1.82) is 0 Å². The average Bonchev–Trinajstić information content (AvgIpc) is 2.56. The molecule has 0 bridgehead atoms. The minimum absolute atomic E-state index is 0.112. The van der Waals surface area contributed by atoms with Crippen LogP contribution in [0, 0.1) is 13.8 Å². The second-order valence-corrected chi connectivity index (χ2v) is 6.33. The minimum atomic E-state index is 0.112. The molecule has 0 N–H and O–H groups in total. The Morgan fingerprint density at radius 2 is 1.11 bits per heavy atom. The number of fused-ring (bicyclic) bond motifs is 3. The maximum absolute atomic E-state index is 12.4. The van der Waals surface area contributed by atoms with E-state index in [1.807, 2.05) is 26.0 Å². The first-order valence-electron chi connectivity index (χ1n) is 5.64. The summed E-state index contributed by atoms with van der Waals surface area (Å²) in [5, 5.41) is 0. The SMILES string of the molecule is Cc1cc2c(cc1Br)C(=O)c1cc(Br)c(C)cc1-2. The van der Waals surface area contributed by atoms with Crippen LogP contribution in [0.2, 0.25) is 0 Å². The highest BCUT2D eigenvalue weighted by atomic mass is 79.9. The molecule has 0 fully saturated rings. The molecule has 0 spiro atoms. The number of benzene rings is 2. The molecular formula is C15H10Br2O. The van der Waals surface area contributed by atoms with E-state index in [9.17, 15) is 4.79 Å². The van der Waals surface area contributed by atoms with Gasteiger partial charge in [0.2, 0.25) is 0 Å². The van der Waals surface area contributed by atoms with Crippen molar-refractivity contribution in [1.82, 2.24) is 0 Å². The lowest BCUT2D eigenvalue weighted by Crippen LogP contribution is -1.95. The van der Waals surface area contributed by atoms with Gasteiger partial charge in [-0.1, -0.05) is 31.9 Å². The summed E-state index contributed by atoms with van der Waals surface area (Å²) >= 11 is 6.98. The third-order valence-electron chi connectivity index (χ3n) is 3.38. The van der Waals surface area contributed by atoms with Crippen LogP contribution in [-0.2, 0) is 0 Å². The van der Waals surface area contributed by atoms with Gasteiger partial charge >= 0.3 is 0 Å². The predicted octanol–water partition coefficient (Wildman–Crippen LogP) is 5.04. The van der Waals surface area contributed by atoms with Gasteiger partial charge in [0.15, 0.2) is 5.78 Å². The van der Waals surface area contributed by atoms with Crippen LogP contribution in [0.15, 0.2) is 33.2 Å². The number of rotatable bonds is 0. The molecule has 2 aromatic carbocycles. The summed E-state index contributed by atoms with van der Waals surface area (Å²) in [5.41, 5.74) is 5.97. The van der Waals surface area contributed by atoms with E-state index < -0.39 is 0 Å². The van der Waals surface area contributed by atoms with Crippen molar-refractivity contribution in [2.45, 2.75) is 13.8 Å². The monoisotopic (exact) mass is 364 g/mol. The van der Waals surface area contributed by atoms with E-state index in [1.165, 1.54) is 0 Å². The summed E-state index contributed by atoms with van der Waals surface area (Å²) < 4.78 is 1.97. The van der Waals surface area contributed by atoms with Crippen molar-refractivity contribution in [3.05, 3.63) is 55.5 Å². The topological polar surface area (TPSA) is 17.1 Å². The zero-order valence-electron chi connectivity index (χ0n) is 9.97. The third kappa shape index (κ3) is 1.61. The van der Waals surface area contributed by atoms with E-state index in [4.69, 9.17) is 0 Å². The molecule has 1 aliphatic carbocycles. The molecule has 1 aliphatic rings. The highest BCUT2D eigenvalue weighted by Crippen LogP contribution is 2.41. The van der Waals surface area contributed by atoms with Crippen LogP contribution >= 0.6 is 31.9 Å². The summed E-state index contributed by atoms with van der Waals surface area (Å²) in [6.45, 7) is 4.08. The van der Waals surface area contributed by atoms with Crippen molar-refractivity contribution in [2.75, 3.05) is 0 Å². The van der Waals surface area contributed by atoms with Crippen LogP contribution in [-0.4, -0.2) is 5.78 Å². The summed E-state index contributed by atoms with van der Waals surface area (Å²) in [5.74, 6) is 0.112. The van der Waals surface area contributed by atoms with Crippen LogP contribution in [0.1, 0.15) is 27.0 Å². The molecular weight excluding hydrogens is 356 g/mol. The molecule has 0 aliphatic heterocycles. The molecule has 0 amide bonds. The van der Waals surface area contributed by atoms with E-state index in [-0.39, 0.29) is 5.78 Å². The number of aryl methyl sites for hydroxylation is 2. The molecule has 0 unspecified atom stereocenters. The number of carbonyl (C=O) groups is 1. The highest BCUT2D eigenvalue weighted by Gasteiger charge is 2.28. The number of ketones is 1. The molecule has 1 nitrogen and oxygen atoms in total. The van der Waals surface area contributed by atoms with Crippen LogP contribution in [0.4, 0.5) is 0 Å². The number of hydrogen-bond acceptors (Lipinski definition) is 1. The van der Waals surface area contributed by atoms with Gasteiger partial charge in [-0.15, -0.1) is 0 Å². The van der Waals surface area contributed by atoms with Gasteiger partial charge in [-0.25, -0.2) is 0 Å². The van der Waals surface area contributed by atoms with Gasteiger partial charge in [0.1, 0.15) is 0 Å². The molecule has 18 heavy (non-hydrogen) atoms. The molecule has 3 heteroatoms. The minimum Gasteiger partial charge on any atom is -0.289 e. The summed E-state index contributed by atoms with van der Waals surface area (Å²) in [6.07, 6.45) is 0. The fraction of sp³-hybridized carbons (Fsp3) is 0.133. The third-order valence-corrected chi connectivity index (χ3v) is 5.09. The quantitative estimate of drug-likeness (QED) is 0.545. The maximum atomic E-state index is 12.4. The molecule has 0 aromatic heterocycles. The molecule has 0 saturated heterocycles. The van der Waals surface area contributed by atoms with Gasteiger partial charge < -0.3 is 0 Å². The smallest absolute Gasteiger partial charge is 0.194 e. The van der Waals surface area contributed by atoms with Gasteiger partial charge in [0, 0.05) is 20.1 Å². The number of carbonyl (C=O) groups excluding carboxylic acids is 1. The predicted molar refractivity (Wildman–Crippen MR) is 80.2 cm³/mol. The van der Waals surface area contributed by atoms with Gasteiger partial charge in [-0.05, 0) is 60.4 Å². The first-order valence-corrected chi connectivity index (χ1v) is 7.23. The van der Waals surface area contributed by atoms with Gasteiger partial charge in [-0.2, -0.15) is 0 Å². The molecule has 90 valence electrons. The fourth-order valence-corrected chi connectivity index (χ4v) is 3.02. The molecule has 0 atom stereocenters. The Morgan fingerprint density at radius 1 is 0.722 bits per heavy atom. The van der Waals surface area contributed by atoms with Crippen LogP contribution < -0.4 is 0 Å². The van der Waals surface area contributed by atoms with Gasteiger partial charge in [-0.3, -0.25) is 4.79 Å². The van der Waals surface area contributed by atoms with Crippen LogP contribution in [0.5, 0.6) is 0 Å². The lowest BCUT2D eigenvalue weighted by Gasteiger charge is -2.05. The number of hydrogen-bond donors (Lipinski definition) is 0. The van der Waals surface area contributed by atoms with Gasteiger partial charge in [0.05, 0.1) is 0 Å². The Morgan fingerprint density at radius 3 is 1.50 bits per heavy atom. The Hall–Kier alpha value is -0.930. The summed E-state index contributed by atoms with van der Waals surface area (Å²) in [7, 11) is 0. The molecule has 0 radical (unpaired) electrons. The maximum Gasteiger partial charge on any atom is 0.194 e. The molecule has 2 aromatic rings. The molecule has 0 saturated carbocycles. The average molecular weight is 366 g/mol. The van der Waals surface area contributed by atoms with Crippen LogP contribution in [0.3, 0.4) is 0 Å². The van der Waals surface area contributed by atoms with Crippen molar-refractivity contribution < 1.29 is 4.79 Å². The zero-order chi connectivity index (χ0) is 13.0. The first-order chi connectivity index (χ1) is 8.49. The van der Waals surface area contributed by atoms with Crippen LogP contribution in [0.25, 0.3) is 11.1 Å². The molecule has 0 heterocycles. The van der Waals surface area contributed by atoms with Crippen molar-refractivity contribution >= 4 is 37.6 Å². The summed E-state index contributed by atoms with van der Waals surface area (Å²) in [6, 6.07) is 8.01. The normalized spacial score (nSPS) is 12.6. The standard InChI is InChI=1S/C15H10Br2O/c1-7-3-9-10-4-8(2)14(17)6-12(10)15(18)11(9)5-13(7)16/h3-6H,1-2H3. The lowest BCUT2D eigenvalue weighted by molar-refractivity contribution is 0.104. The zero-order valence-corrected chi connectivity index (χ0v) is 13.1. The molecule has 3 rings (SSSR count). The Balaban J connectivity index is 2.37. The van der Waals surface area contributed by atoms with E-state index in [0.717, 1.165) is 42.3 Å². The Labute approximate surface area is 122 Å². The fourth-order valence-electron chi connectivity index (χ4n) is 2.33. The summed E-state index contributed by atoms with van der Waals surface area (Å²) in [4.78, 5) is 12.4. The Kier molecular flexibility index (Phi) is 2.72.